The van der Waals surface area contributed by atoms with Gasteiger partial charge >= 0.3 is 0 Å². The smallest absolute Gasteiger partial charge is 0.258 e. The molecule has 0 amide bonds. The zero-order valence-electron chi connectivity index (χ0n) is 14.4. The van der Waals surface area contributed by atoms with Crippen LogP contribution in [0.5, 0.6) is 5.75 Å². The molecule has 1 aromatic heterocycles. The SMILES string of the molecule is O=C(c1ccccc1)c1cc(OCc2ccccc2)c2nc[nH]c(=O)c2c1. The van der Waals surface area contributed by atoms with Crippen LogP contribution in [0.15, 0.2) is 83.9 Å². The molecule has 0 saturated heterocycles. The Labute approximate surface area is 155 Å². The van der Waals surface area contributed by atoms with Gasteiger partial charge in [-0.3, -0.25) is 9.59 Å². The molecule has 3 aromatic carbocycles. The van der Waals surface area contributed by atoms with Crippen molar-refractivity contribution in [3.05, 3.63) is 106 Å². The maximum Gasteiger partial charge on any atom is 0.258 e. The molecule has 1 heterocycles. The number of fused-ring (bicyclic) bond motifs is 1. The Bertz CT molecular complexity index is 1150. The van der Waals surface area contributed by atoms with Gasteiger partial charge in [-0.25, -0.2) is 4.98 Å². The van der Waals surface area contributed by atoms with Crippen LogP contribution in [0.3, 0.4) is 0 Å². The van der Waals surface area contributed by atoms with Gasteiger partial charge in [-0.2, -0.15) is 0 Å². The Balaban J connectivity index is 1.78. The lowest BCUT2D eigenvalue weighted by Gasteiger charge is -2.11. The van der Waals surface area contributed by atoms with E-state index in [2.05, 4.69) is 9.97 Å². The third-order valence-corrected chi connectivity index (χ3v) is 4.24. The maximum atomic E-state index is 12.8. The van der Waals surface area contributed by atoms with E-state index in [0.29, 0.717) is 34.4 Å². The number of nitrogens with zero attached hydrogens (tertiary/aromatic N) is 1. The summed E-state index contributed by atoms with van der Waals surface area (Å²) >= 11 is 0. The van der Waals surface area contributed by atoms with Crippen molar-refractivity contribution in [2.24, 2.45) is 0 Å². The van der Waals surface area contributed by atoms with E-state index in [4.69, 9.17) is 4.74 Å². The number of benzene rings is 3. The van der Waals surface area contributed by atoms with Crippen LogP contribution in [0.2, 0.25) is 0 Å². The van der Waals surface area contributed by atoms with Crippen molar-refractivity contribution in [2.45, 2.75) is 6.61 Å². The molecule has 1 N–H and O–H groups in total. The second-order valence-electron chi connectivity index (χ2n) is 6.07. The average molecular weight is 356 g/mol. The predicted octanol–water partition coefficient (Wildman–Crippen LogP) is 3.73. The van der Waals surface area contributed by atoms with Crippen molar-refractivity contribution >= 4 is 16.7 Å². The fourth-order valence-electron chi connectivity index (χ4n) is 2.88. The number of carbonyl (C=O) groups is 1. The highest BCUT2D eigenvalue weighted by Crippen LogP contribution is 2.26. The number of hydrogen-bond acceptors (Lipinski definition) is 4. The molecule has 0 bridgehead atoms. The van der Waals surface area contributed by atoms with Crippen molar-refractivity contribution in [2.75, 3.05) is 0 Å². The van der Waals surface area contributed by atoms with Gasteiger partial charge in [0.05, 0.1) is 11.7 Å². The van der Waals surface area contributed by atoms with Crippen LogP contribution >= 0.6 is 0 Å². The van der Waals surface area contributed by atoms with Crippen LogP contribution in [0.25, 0.3) is 10.9 Å². The predicted molar refractivity (Wildman–Crippen MR) is 103 cm³/mol. The highest BCUT2D eigenvalue weighted by atomic mass is 16.5. The molecule has 27 heavy (non-hydrogen) atoms. The standard InChI is InChI=1S/C22H16N2O3/c25-21(16-9-5-2-6-10-16)17-11-18-20(23-14-24-22(18)26)19(12-17)27-13-15-7-3-1-4-8-15/h1-12,14H,13H2,(H,23,24,26). The number of carbonyl (C=O) groups excluding carboxylic acids is 1. The monoisotopic (exact) mass is 356 g/mol. The molecule has 4 aromatic rings. The number of ether oxygens (including phenoxy) is 1. The molecule has 0 unspecified atom stereocenters. The summed E-state index contributed by atoms with van der Waals surface area (Å²) in [6, 6.07) is 21.8. The largest absolute Gasteiger partial charge is 0.487 e. The number of hydrogen-bond donors (Lipinski definition) is 1. The van der Waals surface area contributed by atoms with Gasteiger partial charge in [-0.15, -0.1) is 0 Å². The summed E-state index contributed by atoms with van der Waals surface area (Å²) < 4.78 is 5.92. The molecular weight excluding hydrogens is 340 g/mol. The van der Waals surface area contributed by atoms with Gasteiger partial charge in [0.25, 0.3) is 5.56 Å². The third kappa shape index (κ3) is 3.48. The molecule has 132 valence electrons. The molecule has 0 aliphatic heterocycles. The topological polar surface area (TPSA) is 72.0 Å². The Morgan fingerprint density at radius 1 is 0.926 bits per heavy atom. The lowest BCUT2D eigenvalue weighted by Crippen LogP contribution is -2.10. The Morgan fingerprint density at radius 2 is 1.63 bits per heavy atom. The first-order valence-corrected chi connectivity index (χ1v) is 8.50. The lowest BCUT2D eigenvalue weighted by molar-refractivity contribution is 0.103. The Hall–Kier alpha value is -3.73. The highest BCUT2D eigenvalue weighted by Gasteiger charge is 2.15. The molecule has 0 spiro atoms. The van der Waals surface area contributed by atoms with E-state index in [9.17, 15) is 9.59 Å². The molecule has 5 heteroatoms. The first-order chi connectivity index (χ1) is 13.2. The van der Waals surface area contributed by atoms with E-state index in [1.165, 1.54) is 6.33 Å². The van der Waals surface area contributed by atoms with E-state index >= 15 is 0 Å². The van der Waals surface area contributed by atoms with Crippen LogP contribution in [-0.2, 0) is 6.61 Å². The summed E-state index contributed by atoms with van der Waals surface area (Å²) in [5.74, 6) is 0.229. The Morgan fingerprint density at radius 3 is 2.37 bits per heavy atom. The highest BCUT2D eigenvalue weighted by molar-refractivity contribution is 6.11. The van der Waals surface area contributed by atoms with Crippen molar-refractivity contribution in [1.82, 2.24) is 9.97 Å². The molecule has 0 aliphatic rings. The first kappa shape index (κ1) is 16.7. The van der Waals surface area contributed by atoms with Crippen LogP contribution in [0.1, 0.15) is 21.5 Å². The van der Waals surface area contributed by atoms with Crippen molar-refractivity contribution in [1.29, 1.82) is 0 Å². The zero-order chi connectivity index (χ0) is 18.6. The van der Waals surface area contributed by atoms with Gasteiger partial charge in [0.2, 0.25) is 0 Å². The van der Waals surface area contributed by atoms with E-state index in [1.807, 2.05) is 36.4 Å². The Kier molecular flexibility index (Phi) is 4.49. The summed E-state index contributed by atoms with van der Waals surface area (Å²) in [4.78, 5) is 31.9. The van der Waals surface area contributed by atoms with Gasteiger partial charge in [0.1, 0.15) is 17.9 Å². The summed E-state index contributed by atoms with van der Waals surface area (Å²) in [7, 11) is 0. The van der Waals surface area contributed by atoms with Gasteiger partial charge in [-0.1, -0.05) is 60.7 Å². The molecule has 0 radical (unpaired) electrons. The van der Waals surface area contributed by atoms with Crippen molar-refractivity contribution in [3.63, 3.8) is 0 Å². The second kappa shape index (κ2) is 7.25. The molecule has 0 aliphatic carbocycles. The summed E-state index contributed by atoms with van der Waals surface area (Å²) in [6.45, 7) is 0.313. The number of H-pyrrole nitrogens is 1. The van der Waals surface area contributed by atoms with Crippen LogP contribution in [0.4, 0.5) is 0 Å². The van der Waals surface area contributed by atoms with Crippen molar-refractivity contribution in [3.8, 4) is 5.75 Å². The van der Waals surface area contributed by atoms with Crippen LogP contribution < -0.4 is 10.3 Å². The first-order valence-electron chi connectivity index (χ1n) is 8.50. The van der Waals surface area contributed by atoms with Crippen LogP contribution in [-0.4, -0.2) is 15.8 Å². The number of aromatic nitrogens is 2. The number of aromatic amines is 1. The molecular formula is C22H16N2O3. The van der Waals surface area contributed by atoms with Gasteiger partial charge < -0.3 is 9.72 Å². The van der Waals surface area contributed by atoms with E-state index in [0.717, 1.165) is 5.56 Å². The van der Waals surface area contributed by atoms with Crippen molar-refractivity contribution < 1.29 is 9.53 Å². The van der Waals surface area contributed by atoms with E-state index in [1.54, 1.807) is 36.4 Å². The molecule has 4 rings (SSSR count). The maximum absolute atomic E-state index is 12.8. The van der Waals surface area contributed by atoms with Crippen LogP contribution in [0, 0.1) is 0 Å². The quantitative estimate of drug-likeness (QED) is 0.553. The van der Waals surface area contributed by atoms with E-state index < -0.39 is 0 Å². The minimum atomic E-state index is -0.313. The average Bonchev–Trinajstić information content (AvgIpc) is 2.73. The fourth-order valence-corrected chi connectivity index (χ4v) is 2.88. The minimum Gasteiger partial charge on any atom is -0.487 e. The normalized spacial score (nSPS) is 10.7. The number of ketones is 1. The number of rotatable bonds is 5. The summed E-state index contributed by atoms with van der Waals surface area (Å²) in [5, 5.41) is 0.322. The second-order valence-corrected chi connectivity index (χ2v) is 6.07. The summed E-state index contributed by atoms with van der Waals surface area (Å²) in [5.41, 5.74) is 2.03. The molecule has 0 saturated carbocycles. The molecule has 0 fully saturated rings. The van der Waals surface area contributed by atoms with E-state index in [-0.39, 0.29) is 11.3 Å². The lowest BCUT2D eigenvalue weighted by atomic mass is 10.0. The summed E-state index contributed by atoms with van der Waals surface area (Å²) in [6.07, 6.45) is 1.33. The number of nitrogens with one attached hydrogen (secondary N) is 1. The molecule has 0 atom stereocenters. The zero-order valence-corrected chi connectivity index (χ0v) is 14.4. The fraction of sp³-hybridized carbons (Fsp3) is 0.0455. The molecule has 5 nitrogen and oxygen atoms in total. The van der Waals surface area contributed by atoms with Gasteiger partial charge in [0.15, 0.2) is 5.78 Å². The van der Waals surface area contributed by atoms with Gasteiger partial charge in [0, 0.05) is 11.1 Å². The van der Waals surface area contributed by atoms with Gasteiger partial charge in [-0.05, 0) is 17.7 Å². The minimum absolute atomic E-state index is 0.176. The third-order valence-electron chi connectivity index (χ3n) is 4.24.